The minimum Gasteiger partial charge on any atom is -0.390 e. The number of aliphatic hydroxyl groups excluding tert-OH is 1. The van der Waals surface area contributed by atoms with Crippen molar-refractivity contribution in [2.45, 2.75) is 19.7 Å². The van der Waals surface area contributed by atoms with Crippen molar-refractivity contribution in [2.75, 3.05) is 11.4 Å². The Kier molecular flexibility index (Phi) is 2.49. The summed E-state index contributed by atoms with van der Waals surface area (Å²) in [6, 6.07) is 0. The Morgan fingerprint density at radius 3 is 2.88 bits per heavy atom. The molecule has 2 aromatic heterocycles. The molecule has 0 fully saturated rings. The molecule has 0 aliphatic carbocycles. The van der Waals surface area contributed by atoms with E-state index >= 15 is 0 Å². The second-order valence-electron chi connectivity index (χ2n) is 3.98. The van der Waals surface area contributed by atoms with Gasteiger partial charge in [0.15, 0.2) is 0 Å². The lowest BCUT2D eigenvalue weighted by Crippen LogP contribution is -2.34. The van der Waals surface area contributed by atoms with Crippen LogP contribution in [0.5, 0.6) is 0 Å². The number of hydrogen-bond acceptors (Lipinski definition) is 5. The van der Waals surface area contributed by atoms with E-state index in [0.29, 0.717) is 5.69 Å². The number of aliphatic hydroxyl groups is 1. The van der Waals surface area contributed by atoms with Crippen molar-refractivity contribution in [2.24, 2.45) is 0 Å². The van der Waals surface area contributed by atoms with Crippen LogP contribution in [0.1, 0.15) is 11.5 Å². The van der Waals surface area contributed by atoms with Crippen LogP contribution < -0.4 is 4.90 Å². The molecule has 3 heterocycles. The lowest BCUT2D eigenvalue weighted by atomic mass is 10.3. The van der Waals surface area contributed by atoms with Gasteiger partial charge in [-0.25, -0.2) is 9.97 Å². The van der Waals surface area contributed by atoms with Crippen molar-refractivity contribution < 1.29 is 5.11 Å². The van der Waals surface area contributed by atoms with Gasteiger partial charge in [0, 0.05) is 25.5 Å². The average molecular weight is 231 g/mol. The van der Waals surface area contributed by atoms with E-state index in [0.717, 1.165) is 31.3 Å². The van der Waals surface area contributed by atoms with Crippen molar-refractivity contribution in [1.29, 1.82) is 0 Å². The quantitative estimate of drug-likeness (QED) is 0.799. The Balaban J connectivity index is 1.81. The first kappa shape index (κ1) is 10.2. The highest BCUT2D eigenvalue weighted by Crippen LogP contribution is 2.16. The van der Waals surface area contributed by atoms with E-state index < -0.39 is 0 Å². The smallest absolute Gasteiger partial charge is 0.147 e. The van der Waals surface area contributed by atoms with Crippen LogP contribution in [0, 0.1) is 0 Å². The topological polar surface area (TPSA) is 67.1 Å². The molecule has 17 heavy (non-hydrogen) atoms. The van der Waals surface area contributed by atoms with Crippen LogP contribution in [0.2, 0.25) is 0 Å². The maximum Gasteiger partial charge on any atom is 0.147 e. The van der Waals surface area contributed by atoms with Gasteiger partial charge in [-0.05, 0) is 0 Å². The van der Waals surface area contributed by atoms with Crippen LogP contribution in [0.4, 0.5) is 5.82 Å². The Morgan fingerprint density at radius 2 is 2.12 bits per heavy atom. The molecule has 0 saturated heterocycles. The van der Waals surface area contributed by atoms with Gasteiger partial charge in [-0.15, -0.1) is 0 Å². The third-order valence-corrected chi connectivity index (χ3v) is 2.92. The second-order valence-corrected chi connectivity index (χ2v) is 3.98. The van der Waals surface area contributed by atoms with Gasteiger partial charge in [0.05, 0.1) is 31.2 Å². The lowest BCUT2D eigenvalue weighted by Gasteiger charge is -2.28. The zero-order valence-electron chi connectivity index (χ0n) is 9.32. The fourth-order valence-corrected chi connectivity index (χ4v) is 1.96. The van der Waals surface area contributed by atoms with Gasteiger partial charge < -0.3 is 14.6 Å². The predicted octanol–water partition coefficient (Wildman–Crippen LogP) is 0.186. The molecule has 0 atom stereocenters. The Bertz CT molecular complexity index is 507. The first-order valence-corrected chi connectivity index (χ1v) is 5.53. The minimum absolute atomic E-state index is 0.0717. The van der Waals surface area contributed by atoms with Gasteiger partial charge in [-0.1, -0.05) is 0 Å². The maximum atomic E-state index is 8.91. The van der Waals surface area contributed by atoms with E-state index in [1.54, 1.807) is 12.4 Å². The fourth-order valence-electron chi connectivity index (χ4n) is 1.96. The number of fused-ring (bicyclic) bond motifs is 1. The summed E-state index contributed by atoms with van der Waals surface area (Å²) in [5.74, 6) is 1.88. The second kappa shape index (κ2) is 4.14. The third-order valence-electron chi connectivity index (χ3n) is 2.92. The number of anilines is 1. The molecule has 1 aliphatic rings. The summed E-state index contributed by atoms with van der Waals surface area (Å²) in [5, 5.41) is 8.91. The summed E-state index contributed by atoms with van der Waals surface area (Å²) in [6.45, 7) is 2.49. The molecule has 1 aliphatic heterocycles. The predicted molar refractivity (Wildman–Crippen MR) is 61.2 cm³/mol. The summed E-state index contributed by atoms with van der Waals surface area (Å²) < 4.78 is 2.14. The van der Waals surface area contributed by atoms with E-state index in [-0.39, 0.29) is 6.61 Å². The Hall–Kier alpha value is -1.95. The summed E-state index contributed by atoms with van der Waals surface area (Å²) in [4.78, 5) is 14.9. The molecule has 2 aromatic rings. The molecule has 0 spiro atoms. The van der Waals surface area contributed by atoms with E-state index in [4.69, 9.17) is 5.11 Å². The number of aromatic nitrogens is 4. The molecular formula is C11H13N5O. The number of nitrogens with zero attached hydrogens (tertiary/aromatic N) is 5. The molecule has 1 N–H and O–H groups in total. The zero-order chi connectivity index (χ0) is 11.7. The first-order valence-electron chi connectivity index (χ1n) is 5.53. The number of hydrogen-bond donors (Lipinski definition) is 1. The van der Waals surface area contributed by atoms with Gasteiger partial charge >= 0.3 is 0 Å². The molecular weight excluding hydrogens is 218 g/mol. The zero-order valence-corrected chi connectivity index (χ0v) is 9.32. The maximum absolute atomic E-state index is 8.91. The SMILES string of the molecule is OCc1cnc(N2CCn3ccnc3C2)cn1. The summed E-state index contributed by atoms with van der Waals surface area (Å²) in [7, 11) is 0. The van der Waals surface area contributed by atoms with Crippen molar-refractivity contribution in [3.05, 3.63) is 36.3 Å². The van der Waals surface area contributed by atoms with Crippen LogP contribution in [0.3, 0.4) is 0 Å². The Labute approximate surface area is 98.6 Å². The van der Waals surface area contributed by atoms with E-state index in [1.165, 1.54) is 0 Å². The van der Waals surface area contributed by atoms with Crippen molar-refractivity contribution >= 4 is 5.82 Å². The highest BCUT2D eigenvalue weighted by molar-refractivity contribution is 5.36. The molecule has 6 nitrogen and oxygen atoms in total. The van der Waals surface area contributed by atoms with Crippen LogP contribution >= 0.6 is 0 Å². The highest BCUT2D eigenvalue weighted by Gasteiger charge is 2.17. The number of rotatable bonds is 2. The molecule has 0 amide bonds. The molecule has 0 radical (unpaired) electrons. The van der Waals surface area contributed by atoms with E-state index in [9.17, 15) is 0 Å². The highest BCUT2D eigenvalue weighted by atomic mass is 16.3. The summed E-state index contributed by atoms with van der Waals surface area (Å²) in [5.41, 5.74) is 0.590. The van der Waals surface area contributed by atoms with Crippen LogP contribution in [-0.4, -0.2) is 31.2 Å². The van der Waals surface area contributed by atoms with Crippen LogP contribution in [-0.2, 0) is 19.7 Å². The normalized spacial score (nSPS) is 14.8. The summed E-state index contributed by atoms with van der Waals surface area (Å²) in [6.07, 6.45) is 7.12. The monoisotopic (exact) mass is 231 g/mol. The van der Waals surface area contributed by atoms with Crippen LogP contribution in [0.25, 0.3) is 0 Å². The van der Waals surface area contributed by atoms with Gasteiger partial charge in [0.2, 0.25) is 0 Å². The molecule has 0 saturated carbocycles. The Morgan fingerprint density at radius 1 is 1.18 bits per heavy atom. The molecule has 0 aromatic carbocycles. The molecule has 3 rings (SSSR count). The van der Waals surface area contributed by atoms with E-state index in [2.05, 4.69) is 24.4 Å². The van der Waals surface area contributed by atoms with Gasteiger partial charge in [0.1, 0.15) is 11.6 Å². The number of imidazole rings is 1. The van der Waals surface area contributed by atoms with Crippen molar-refractivity contribution in [3.63, 3.8) is 0 Å². The summed E-state index contributed by atoms with van der Waals surface area (Å²) >= 11 is 0. The van der Waals surface area contributed by atoms with Gasteiger partial charge in [0.25, 0.3) is 0 Å². The largest absolute Gasteiger partial charge is 0.390 e. The lowest BCUT2D eigenvalue weighted by molar-refractivity contribution is 0.276. The average Bonchev–Trinajstić information content (AvgIpc) is 2.86. The fraction of sp³-hybridized carbons (Fsp3) is 0.364. The molecule has 0 bridgehead atoms. The van der Waals surface area contributed by atoms with Gasteiger partial charge in [-0.3, -0.25) is 4.98 Å². The molecule has 6 heteroatoms. The van der Waals surface area contributed by atoms with Crippen LogP contribution in [0.15, 0.2) is 24.8 Å². The third kappa shape index (κ3) is 1.87. The standard InChI is InChI=1S/C11H13N5O/c17-8-9-5-14-10(6-13-9)16-4-3-15-2-1-12-11(15)7-16/h1-2,5-6,17H,3-4,7-8H2. The molecule has 88 valence electrons. The molecule has 0 unspecified atom stereocenters. The minimum atomic E-state index is -0.0717. The van der Waals surface area contributed by atoms with Crippen molar-refractivity contribution in [1.82, 2.24) is 19.5 Å². The van der Waals surface area contributed by atoms with Gasteiger partial charge in [-0.2, -0.15) is 0 Å². The van der Waals surface area contributed by atoms with E-state index in [1.807, 2.05) is 12.4 Å². The van der Waals surface area contributed by atoms with Crippen molar-refractivity contribution in [3.8, 4) is 0 Å². The first-order chi connectivity index (χ1) is 8.36.